The second-order valence-corrected chi connectivity index (χ2v) is 5.33. The summed E-state index contributed by atoms with van der Waals surface area (Å²) in [7, 11) is 1.37. The molecule has 2 heterocycles. The van der Waals surface area contributed by atoms with Crippen molar-refractivity contribution in [2.24, 2.45) is 0 Å². The highest BCUT2D eigenvalue weighted by Gasteiger charge is 2.35. The van der Waals surface area contributed by atoms with E-state index in [-0.39, 0.29) is 6.61 Å². The molecule has 0 saturated heterocycles. The molecule has 23 heavy (non-hydrogen) atoms. The van der Waals surface area contributed by atoms with Gasteiger partial charge >= 0.3 is 5.97 Å². The number of nitrogens with zero attached hydrogens (tertiary/aromatic N) is 1. The Morgan fingerprint density at radius 2 is 2.13 bits per heavy atom. The van der Waals surface area contributed by atoms with Crippen molar-refractivity contribution in [2.45, 2.75) is 19.4 Å². The van der Waals surface area contributed by atoms with Gasteiger partial charge in [0.2, 0.25) is 0 Å². The summed E-state index contributed by atoms with van der Waals surface area (Å²) in [5, 5.41) is 11.8. The van der Waals surface area contributed by atoms with E-state index in [1.54, 1.807) is 31.2 Å². The van der Waals surface area contributed by atoms with Gasteiger partial charge in [0, 0.05) is 7.11 Å². The number of ether oxygens (including phenoxy) is 1. The van der Waals surface area contributed by atoms with Crippen LogP contribution in [0.15, 0.2) is 34.9 Å². The quantitative estimate of drug-likeness (QED) is 0.843. The predicted molar refractivity (Wildman–Crippen MR) is 82.1 cm³/mol. The van der Waals surface area contributed by atoms with Crippen LogP contribution in [-0.4, -0.2) is 41.2 Å². The molecule has 0 aromatic carbocycles. The molecule has 0 aliphatic rings. The van der Waals surface area contributed by atoms with Gasteiger partial charge in [-0.3, -0.25) is 4.79 Å². The van der Waals surface area contributed by atoms with E-state index >= 15 is 0 Å². The van der Waals surface area contributed by atoms with Crippen molar-refractivity contribution in [1.82, 2.24) is 10.3 Å². The molecule has 2 aromatic rings. The number of carboxylic acids is 1. The number of hydrogen-bond acceptors (Lipinski definition) is 5. The zero-order valence-electron chi connectivity index (χ0n) is 13.1. The summed E-state index contributed by atoms with van der Waals surface area (Å²) in [5.41, 5.74) is -0.148. The number of aliphatic carboxylic acids is 1. The maximum Gasteiger partial charge on any atom is 0.331 e. The van der Waals surface area contributed by atoms with Crippen molar-refractivity contribution in [3.8, 4) is 11.5 Å². The number of amides is 1. The molecule has 0 bridgehead atoms. The van der Waals surface area contributed by atoms with E-state index < -0.39 is 17.4 Å². The fraction of sp³-hybridized carbons (Fsp3) is 0.312. The number of carbonyl (C=O) groups excluding carboxylic acids is 1. The van der Waals surface area contributed by atoms with Gasteiger partial charge in [0.1, 0.15) is 5.69 Å². The summed E-state index contributed by atoms with van der Waals surface area (Å²) >= 11 is 0. The molecule has 0 fully saturated rings. The minimum absolute atomic E-state index is 0.148. The first kappa shape index (κ1) is 16.7. The lowest BCUT2D eigenvalue weighted by Crippen LogP contribution is -2.55. The molecular formula is C16H18N2O5. The number of pyridine rings is 1. The largest absolute Gasteiger partial charge is 0.479 e. The van der Waals surface area contributed by atoms with Gasteiger partial charge in [0.15, 0.2) is 11.3 Å². The molecule has 1 unspecified atom stereocenters. The molecule has 7 heteroatoms. The molecule has 0 radical (unpaired) electrons. The molecule has 2 N–H and O–H groups in total. The number of aromatic nitrogens is 1. The number of carboxylic acid groups (broad SMARTS) is 1. The predicted octanol–water partition coefficient (Wildman–Crippen LogP) is 1.87. The Balaban J connectivity index is 2.24. The number of nitrogens with one attached hydrogen (secondary N) is 1. The molecule has 0 aliphatic heterocycles. The molecule has 0 aliphatic carbocycles. The summed E-state index contributed by atoms with van der Waals surface area (Å²) in [4.78, 5) is 28.0. The van der Waals surface area contributed by atoms with Gasteiger partial charge in [-0.1, -0.05) is 0 Å². The maximum absolute atomic E-state index is 12.4. The van der Waals surface area contributed by atoms with Gasteiger partial charge in [0.25, 0.3) is 5.91 Å². The highest BCUT2D eigenvalue weighted by Crippen LogP contribution is 2.19. The van der Waals surface area contributed by atoms with Crippen LogP contribution in [0.4, 0.5) is 0 Å². The minimum atomic E-state index is -1.52. The molecular weight excluding hydrogens is 300 g/mol. The molecule has 7 nitrogen and oxygen atoms in total. The zero-order valence-corrected chi connectivity index (χ0v) is 13.1. The first-order valence-electron chi connectivity index (χ1n) is 6.94. The Labute approximate surface area is 133 Å². The molecule has 122 valence electrons. The van der Waals surface area contributed by atoms with Crippen molar-refractivity contribution in [1.29, 1.82) is 0 Å². The third-order valence-corrected chi connectivity index (χ3v) is 3.40. The molecule has 2 aromatic heterocycles. The van der Waals surface area contributed by atoms with Crippen LogP contribution < -0.4 is 5.32 Å². The van der Waals surface area contributed by atoms with Crippen molar-refractivity contribution in [3.05, 3.63) is 41.8 Å². The van der Waals surface area contributed by atoms with Crippen LogP contribution in [0.1, 0.15) is 23.0 Å². The third kappa shape index (κ3) is 3.57. The Hall–Kier alpha value is -2.67. The van der Waals surface area contributed by atoms with Crippen molar-refractivity contribution in [3.63, 3.8) is 0 Å². The fourth-order valence-electron chi connectivity index (χ4n) is 2.12. The topological polar surface area (TPSA) is 102 Å². The normalized spacial score (nSPS) is 13.3. The highest BCUT2D eigenvalue weighted by atomic mass is 16.5. The number of furan rings is 1. The van der Waals surface area contributed by atoms with Crippen LogP contribution in [0.5, 0.6) is 0 Å². The van der Waals surface area contributed by atoms with Crippen LogP contribution in [0.3, 0.4) is 0 Å². The summed E-state index contributed by atoms with van der Waals surface area (Å²) in [6, 6.07) is 6.75. The van der Waals surface area contributed by atoms with E-state index in [1.807, 2.05) is 0 Å². The van der Waals surface area contributed by atoms with Gasteiger partial charge < -0.3 is 19.6 Å². The first-order chi connectivity index (χ1) is 10.9. The van der Waals surface area contributed by atoms with Crippen LogP contribution in [0.25, 0.3) is 11.5 Å². The standard InChI is InChI=1S/C16H18N2O5/c1-10-11(6-7-12(17-10)13-5-4-8-23-13)14(19)18-16(2,9-22-3)15(20)21/h4-8H,9H2,1-3H3,(H,18,19)(H,20,21). The number of aryl methyl sites for hydroxylation is 1. The van der Waals surface area contributed by atoms with Gasteiger partial charge in [-0.15, -0.1) is 0 Å². The number of methoxy groups -OCH3 is 1. The summed E-state index contributed by atoms with van der Waals surface area (Å²) < 4.78 is 10.1. The number of carbonyl (C=O) groups is 2. The van der Waals surface area contributed by atoms with Gasteiger partial charge in [-0.05, 0) is 38.1 Å². The average Bonchev–Trinajstić information content (AvgIpc) is 3.01. The molecule has 2 rings (SSSR count). The zero-order chi connectivity index (χ0) is 17.0. The smallest absolute Gasteiger partial charge is 0.331 e. The molecule has 1 atom stereocenters. The van der Waals surface area contributed by atoms with Crippen LogP contribution in [0, 0.1) is 6.92 Å². The van der Waals surface area contributed by atoms with E-state index in [2.05, 4.69) is 10.3 Å². The monoisotopic (exact) mass is 318 g/mol. The van der Waals surface area contributed by atoms with Gasteiger partial charge in [-0.25, -0.2) is 9.78 Å². The van der Waals surface area contributed by atoms with Crippen molar-refractivity contribution in [2.75, 3.05) is 13.7 Å². The van der Waals surface area contributed by atoms with E-state index in [4.69, 9.17) is 9.15 Å². The average molecular weight is 318 g/mol. The second-order valence-electron chi connectivity index (χ2n) is 5.33. The number of hydrogen-bond donors (Lipinski definition) is 2. The maximum atomic E-state index is 12.4. The minimum Gasteiger partial charge on any atom is -0.479 e. The molecule has 0 spiro atoms. The Morgan fingerprint density at radius 1 is 1.39 bits per heavy atom. The Bertz CT molecular complexity index is 711. The molecule has 0 saturated carbocycles. The second kappa shape index (κ2) is 6.62. The fourth-order valence-corrected chi connectivity index (χ4v) is 2.12. The van der Waals surface area contributed by atoms with E-state index in [9.17, 15) is 14.7 Å². The van der Waals surface area contributed by atoms with Crippen molar-refractivity contribution < 1.29 is 23.8 Å². The third-order valence-electron chi connectivity index (χ3n) is 3.40. The summed E-state index contributed by atoms with van der Waals surface area (Å²) in [6.45, 7) is 2.91. The highest BCUT2D eigenvalue weighted by molar-refractivity contribution is 5.98. The SMILES string of the molecule is COCC(C)(NC(=O)c1ccc(-c2ccco2)nc1C)C(=O)O. The Kier molecular flexibility index (Phi) is 4.80. The van der Waals surface area contributed by atoms with Crippen molar-refractivity contribution >= 4 is 11.9 Å². The van der Waals surface area contributed by atoms with E-state index in [0.717, 1.165) is 0 Å². The van der Waals surface area contributed by atoms with Crippen LogP contribution in [-0.2, 0) is 9.53 Å². The first-order valence-corrected chi connectivity index (χ1v) is 6.94. The lowest BCUT2D eigenvalue weighted by atomic mass is 10.0. The van der Waals surface area contributed by atoms with Crippen LogP contribution in [0.2, 0.25) is 0 Å². The summed E-state index contributed by atoms with van der Waals surface area (Å²) in [5.74, 6) is -1.11. The van der Waals surface area contributed by atoms with Gasteiger partial charge in [-0.2, -0.15) is 0 Å². The van der Waals surface area contributed by atoms with Crippen LogP contribution >= 0.6 is 0 Å². The lowest BCUT2D eigenvalue weighted by Gasteiger charge is -2.25. The van der Waals surface area contributed by atoms with E-state index in [0.29, 0.717) is 22.7 Å². The lowest BCUT2D eigenvalue weighted by molar-refractivity contribution is -0.145. The molecule has 1 amide bonds. The number of rotatable bonds is 6. The van der Waals surface area contributed by atoms with E-state index in [1.165, 1.54) is 20.3 Å². The summed E-state index contributed by atoms with van der Waals surface area (Å²) in [6.07, 6.45) is 1.54. The van der Waals surface area contributed by atoms with Gasteiger partial charge in [0.05, 0.1) is 24.1 Å². The Morgan fingerprint density at radius 3 is 2.65 bits per heavy atom.